The second-order valence-electron chi connectivity index (χ2n) is 7.65. The number of rotatable bonds is 5. The van der Waals surface area contributed by atoms with E-state index in [2.05, 4.69) is 15.0 Å². The summed E-state index contributed by atoms with van der Waals surface area (Å²) in [4.78, 5) is 18.5. The summed E-state index contributed by atoms with van der Waals surface area (Å²) < 4.78 is 47.7. The van der Waals surface area contributed by atoms with Gasteiger partial charge >= 0.3 is 0 Å². The lowest BCUT2D eigenvalue weighted by Gasteiger charge is -2.18. The number of hydrogen-bond acceptors (Lipinski definition) is 4. The summed E-state index contributed by atoms with van der Waals surface area (Å²) in [6.45, 7) is 0.433. The van der Waals surface area contributed by atoms with Gasteiger partial charge in [-0.25, -0.2) is 8.78 Å². The Hall–Kier alpha value is -4.07. The Morgan fingerprint density at radius 2 is 1.91 bits per heavy atom. The normalized spacial score (nSPS) is 12.8. The number of methoxy groups -OCH3 is 1. The lowest BCUT2D eigenvalue weighted by Crippen LogP contribution is -2.25. The fourth-order valence-electron chi connectivity index (χ4n) is 4.09. The van der Waals surface area contributed by atoms with Crippen molar-refractivity contribution in [1.29, 1.82) is 0 Å². The van der Waals surface area contributed by atoms with Gasteiger partial charge in [0.05, 0.1) is 30.4 Å². The SMILES string of the molecule is COc1c(F)cc(N2Cc3cccc(NCc4ccc5ncccc5c4)c3C2=O)c(F)c1F. The van der Waals surface area contributed by atoms with Crippen LogP contribution in [-0.2, 0) is 13.1 Å². The molecule has 1 aliphatic rings. The Morgan fingerprint density at radius 1 is 1.06 bits per heavy atom. The summed E-state index contributed by atoms with van der Waals surface area (Å²) in [6, 6.07) is 15.7. The molecule has 2 heterocycles. The van der Waals surface area contributed by atoms with Gasteiger partial charge in [0.2, 0.25) is 5.82 Å². The van der Waals surface area contributed by atoms with Crippen LogP contribution >= 0.6 is 0 Å². The van der Waals surface area contributed by atoms with E-state index < -0.39 is 34.8 Å². The number of fused-ring (bicyclic) bond motifs is 2. The average Bonchev–Trinajstić information content (AvgIpc) is 3.17. The zero-order chi connectivity index (χ0) is 23.1. The molecule has 1 amide bonds. The summed E-state index contributed by atoms with van der Waals surface area (Å²) in [5.74, 6) is -5.26. The molecule has 33 heavy (non-hydrogen) atoms. The van der Waals surface area contributed by atoms with E-state index in [1.54, 1.807) is 24.4 Å². The number of ether oxygens (including phenoxy) is 1. The maximum atomic E-state index is 14.6. The van der Waals surface area contributed by atoms with Gasteiger partial charge in [-0.3, -0.25) is 9.78 Å². The van der Waals surface area contributed by atoms with E-state index >= 15 is 0 Å². The molecule has 0 atom stereocenters. The Balaban J connectivity index is 1.43. The van der Waals surface area contributed by atoms with Crippen LogP contribution in [-0.4, -0.2) is 18.0 Å². The van der Waals surface area contributed by atoms with E-state index in [0.29, 0.717) is 23.4 Å². The topological polar surface area (TPSA) is 54.5 Å². The van der Waals surface area contributed by atoms with Crippen LogP contribution in [0.15, 0.2) is 60.8 Å². The first kappa shape index (κ1) is 20.8. The molecule has 0 aliphatic carbocycles. The van der Waals surface area contributed by atoms with E-state index in [-0.39, 0.29) is 6.54 Å². The van der Waals surface area contributed by atoms with Crippen LogP contribution in [0.4, 0.5) is 24.5 Å². The van der Waals surface area contributed by atoms with E-state index in [9.17, 15) is 18.0 Å². The van der Waals surface area contributed by atoms with Crippen LogP contribution in [0.5, 0.6) is 5.75 Å². The molecule has 8 heteroatoms. The number of nitrogens with one attached hydrogen (secondary N) is 1. The highest BCUT2D eigenvalue weighted by Gasteiger charge is 2.34. The average molecular weight is 449 g/mol. The number of carbonyl (C=O) groups excluding carboxylic acids is 1. The van der Waals surface area contributed by atoms with Crippen molar-refractivity contribution in [2.75, 3.05) is 17.3 Å². The lowest BCUT2D eigenvalue weighted by molar-refractivity contribution is 0.0996. The number of benzene rings is 3. The van der Waals surface area contributed by atoms with Crippen molar-refractivity contribution in [3.05, 3.63) is 94.9 Å². The molecule has 1 aliphatic heterocycles. The number of hydrogen-bond donors (Lipinski definition) is 1. The smallest absolute Gasteiger partial charge is 0.261 e. The van der Waals surface area contributed by atoms with Crippen molar-refractivity contribution in [2.24, 2.45) is 0 Å². The van der Waals surface area contributed by atoms with Crippen molar-refractivity contribution >= 4 is 28.2 Å². The molecule has 1 aromatic heterocycles. The van der Waals surface area contributed by atoms with Crippen LogP contribution < -0.4 is 15.0 Å². The molecule has 0 fully saturated rings. The van der Waals surface area contributed by atoms with E-state index in [0.717, 1.165) is 34.5 Å². The minimum absolute atomic E-state index is 0.00649. The number of aromatic nitrogens is 1. The first-order chi connectivity index (χ1) is 16.0. The van der Waals surface area contributed by atoms with Crippen LogP contribution in [0.1, 0.15) is 21.5 Å². The van der Waals surface area contributed by atoms with Gasteiger partial charge in [-0.15, -0.1) is 0 Å². The highest BCUT2D eigenvalue weighted by molar-refractivity contribution is 6.13. The number of pyridine rings is 1. The highest BCUT2D eigenvalue weighted by atomic mass is 19.2. The molecule has 4 aromatic rings. The van der Waals surface area contributed by atoms with Gasteiger partial charge in [0.15, 0.2) is 17.4 Å². The number of nitrogens with zero attached hydrogens (tertiary/aromatic N) is 2. The molecule has 1 N–H and O–H groups in total. The van der Waals surface area contributed by atoms with Gasteiger partial charge in [0, 0.05) is 29.9 Å². The predicted octanol–water partition coefficient (Wildman–Crippen LogP) is 5.43. The third-order valence-corrected chi connectivity index (χ3v) is 5.68. The molecule has 0 radical (unpaired) electrons. The standard InChI is InChI=1S/C25H18F3N3O2/c1-33-24-17(26)11-20(22(27)23(24)28)31-13-16-4-2-6-19(21(16)25(31)32)30-12-14-7-8-18-15(10-14)5-3-9-29-18/h2-11,30H,12-13H2,1H3. The van der Waals surface area contributed by atoms with Crippen LogP contribution in [0, 0.1) is 17.5 Å². The Labute approximate surface area is 187 Å². The first-order valence-corrected chi connectivity index (χ1v) is 10.2. The zero-order valence-corrected chi connectivity index (χ0v) is 17.5. The maximum absolute atomic E-state index is 14.6. The summed E-state index contributed by atoms with van der Waals surface area (Å²) >= 11 is 0. The fraction of sp³-hybridized carbons (Fsp3) is 0.120. The Kier molecular flexibility index (Phi) is 5.12. The van der Waals surface area contributed by atoms with Gasteiger partial charge in [-0.1, -0.05) is 24.3 Å². The van der Waals surface area contributed by atoms with E-state index in [1.165, 1.54) is 0 Å². The van der Waals surface area contributed by atoms with Crippen molar-refractivity contribution in [1.82, 2.24) is 4.98 Å². The molecule has 0 saturated heterocycles. The van der Waals surface area contributed by atoms with E-state index in [4.69, 9.17) is 0 Å². The molecule has 5 rings (SSSR count). The van der Waals surface area contributed by atoms with Gasteiger partial charge in [-0.05, 0) is 35.4 Å². The molecular formula is C25H18F3N3O2. The molecule has 166 valence electrons. The lowest BCUT2D eigenvalue weighted by atomic mass is 10.1. The minimum Gasteiger partial charge on any atom is -0.491 e. The Bertz CT molecular complexity index is 1410. The van der Waals surface area contributed by atoms with Crippen LogP contribution in [0.3, 0.4) is 0 Å². The van der Waals surface area contributed by atoms with Crippen molar-refractivity contribution in [2.45, 2.75) is 13.1 Å². The largest absolute Gasteiger partial charge is 0.491 e. The number of carbonyl (C=O) groups is 1. The second kappa shape index (κ2) is 8.12. The summed E-state index contributed by atoms with van der Waals surface area (Å²) in [5, 5.41) is 4.25. The quantitative estimate of drug-likeness (QED) is 0.413. The van der Waals surface area contributed by atoms with Crippen LogP contribution in [0.25, 0.3) is 10.9 Å². The third-order valence-electron chi connectivity index (χ3n) is 5.68. The zero-order valence-electron chi connectivity index (χ0n) is 17.5. The molecule has 0 saturated carbocycles. The van der Waals surface area contributed by atoms with Crippen molar-refractivity contribution in [3.63, 3.8) is 0 Å². The number of anilines is 2. The summed E-state index contributed by atoms with van der Waals surface area (Å²) in [5.41, 5.74) is 2.93. The Morgan fingerprint density at radius 3 is 2.73 bits per heavy atom. The number of amides is 1. The minimum atomic E-state index is -1.47. The van der Waals surface area contributed by atoms with Gasteiger partial charge in [-0.2, -0.15) is 4.39 Å². The van der Waals surface area contributed by atoms with E-state index in [1.807, 2.05) is 30.3 Å². The fourth-order valence-corrected chi connectivity index (χ4v) is 4.09. The third kappa shape index (κ3) is 3.53. The van der Waals surface area contributed by atoms with Gasteiger partial charge in [0.1, 0.15) is 0 Å². The summed E-state index contributed by atoms with van der Waals surface area (Å²) in [6.07, 6.45) is 1.73. The van der Waals surface area contributed by atoms with Gasteiger partial charge in [0.25, 0.3) is 5.91 Å². The predicted molar refractivity (Wildman–Crippen MR) is 119 cm³/mol. The van der Waals surface area contributed by atoms with Crippen molar-refractivity contribution in [3.8, 4) is 5.75 Å². The molecule has 5 nitrogen and oxygen atoms in total. The molecule has 3 aromatic carbocycles. The monoisotopic (exact) mass is 449 g/mol. The van der Waals surface area contributed by atoms with Crippen molar-refractivity contribution < 1.29 is 22.7 Å². The van der Waals surface area contributed by atoms with Crippen LogP contribution in [0.2, 0.25) is 0 Å². The maximum Gasteiger partial charge on any atom is 0.261 e. The van der Waals surface area contributed by atoms with Gasteiger partial charge < -0.3 is 15.0 Å². The number of halogens is 3. The molecule has 0 bridgehead atoms. The summed E-state index contributed by atoms with van der Waals surface area (Å²) in [7, 11) is 1.04. The molecule has 0 spiro atoms. The molecular weight excluding hydrogens is 431 g/mol. The molecule has 0 unspecified atom stereocenters. The second-order valence-corrected chi connectivity index (χ2v) is 7.65. The highest BCUT2D eigenvalue weighted by Crippen LogP contribution is 2.37. The first-order valence-electron chi connectivity index (χ1n) is 10.2.